The monoisotopic (exact) mass is 243 g/mol. The van der Waals surface area contributed by atoms with E-state index >= 15 is 0 Å². The SMILES string of the molecule is COC(C)(C)CNc1nc(C(C)(C)C)ns1. The molecule has 1 aromatic rings. The van der Waals surface area contributed by atoms with Gasteiger partial charge >= 0.3 is 0 Å². The molecule has 92 valence electrons. The van der Waals surface area contributed by atoms with Crippen LogP contribution >= 0.6 is 11.5 Å². The summed E-state index contributed by atoms with van der Waals surface area (Å²) in [5.74, 6) is 0.884. The summed E-state index contributed by atoms with van der Waals surface area (Å²) in [5, 5.41) is 4.10. The fraction of sp³-hybridized carbons (Fsp3) is 0.818. The summed E-state index contributed by atoms with van der Waals surface area (Å²) in [6.45, 7) is 11.1. The van der Waals surface area contributed by atoms with E-state index in [1.54, 1.807) is 7.11 Å². The highest BCUT2D eigenvalue weighted by Crippen LogP contribution is 2.23. The van der Waals surface area contributed by atoms with Gasteiger partial charge in [-0.15, -0.1) is 0 Å². The van der Waals surface area contributed by atoms with Crippen LogP contribution < -0.4 is 5.32 Å². The van der Waals surface area contributed by atoms with Crippen LogP contribution in [-0.4, -0.2) is 28.6 Å². The number of hydrogen-bond donors (Lipinski definition) is 1. The Morgan fingerprint density at radius 1 is 1.25 bits per heavy atom. The highest BCUT2D eigenvalue weighted by atomic mass is 32.1. The van der Waals surface area contributed by atoms with Crippen LogP contribution in [0.5, 0.6) is 0 Å². The number of hydrogen-bond acceptors (Lipinski definition) is 5. The normalized spacial score (nSPS) is 12.9. The molecule has 0 spiro atoms. The summed E-state index contributed by atoms with van der Waals surface area (Å²) < 4.78 is 9.67. The Morgan fingerprint density at radius 3 is 2.31 bits per heavy atom. The van der Waals surface area contributed by atoms with Gasteiger partial charge < -0.3 is 10.1 Å². The lowest BCUT2D eigenvalue weighted by Gasteiger charge is -2.22. The first-order chi connectivity index (χ1) is 7.24. The van der Waals surface area contributed by atoms with Crippen LogP contribution in [0.4, 0.5) is 5.13 Å². The fourth-order valence-corrected chi connectivity index (χ4v) is 1.71. The third kappa shape index (κ3) is 3.72. The molecule has 0 atom stereocenters. The second-order valence-corrected chi connectivity index (χ2v) is 6.24. The molecule has 0 radical (unpaired) electrons. The molecule has 0 amide bonds. The first-order valence-corrected chi connectivity index (χ1v) is 6.15. The van der Waals surface area contributed by atoms with Crippen molar-refractivity contribution in [2.75, 3.05) is 19.0 Å². The van der Waals surface area contributed by atoms with Crippen molar-refractivity contribution < 1.29 is 4.74 Å². The van der Waals surface area contributed by atoms with E-state index in [1.807, 2.05) is 13.8 Å². The van der Waals surface area contributed by atoms with Crippen molar-refractivity contribution in [3.8, 4) is 0 Å². The molecule has 0 fully saturated rings. The summed E-state index contributed by atoms with van der Waals surface area (Å²) >= 11 is 1.40. The lowest BCUT2D eigenvalue weighted by atomic mass is 9.96. The van der Waals surface area contributed by atoms with Gasteiger partial charge in [-0.05, 0) is 13.8 Å². The lowest BCUT2D eigenvalue weighted by Crippen LogP contribution is -2.32. The summed E-state index contributed by atoms with van der Waals surface area (Å²) in [7, 11) is 1.71. The van der Waals surface area contributed by atoms with E-state index in [1.165, 1.54) is 11.5 Å². The standard InChI is InChI=1S/C11H21N3OS/c1-10(2,3)8-13-9(16-14-8)12-7-11(4,5)15-6/h7H2,1-6H3,(H,12,13,14). The van der Waals surface area contributed by atoms with Gasteiger partial charge in [0, 0.05) is 30.6 Å². The second-order valence-electron chi connectivity index (χ2n) is 5.49. The third-order valence-corrected chi connectivity index (χ3v) is 2.99. The molecule has 0 aliphatic carbocycles. The average molecular weight is 243 g/mol. The predicted octanol–water partition coefficient (Wildman–Crippen LogP) is 2.67. The number of nitrogens with zero attached hydrogens (tertiary/aromatic N) is 2. The van der Waals surface area contributed by atoms with Gasteiger partial charge in [-0.1, -0.05) is 20.8 Å². The summed E-state index contributed by atoms with van der Waals surface area (Å²) in [6.07, 6.45) is 0. The van der Waals surface area contributed by atoms with Crippen molar-refractivity contribution in [3.05, 3.63) is 5.82 Å². The van der Waals surface area contributed by atoms with Crippen LogP contribution in [0, 0.1) is 0 Å². The van der Waals surface area contributed by atoms with Crippen molar-refractivity contribution in [1.29, 1.82) is 0 Å². The number of rotatable bonds is 4. The Hall–Kier alpha value is -0.680. The van der Waals surface area contributed by atoms with Gasteiger partial charge in [-0.25, -0.2) is 4.98 Å². The molecule has 1 heterocycles. The minimum Gasteiger partial charge on any atom is -0.377 e. The maximum atomic E-state index is 5.33. The van der Waals surface area contributed by atoms with E-state index in [2.05, 4.69) is 35.4 Å². The van der Waals surface area contributed by atoms with Crippen LogP contribution in [0.25, 0.3) is 0 Å². The van der Waals surface area contributed by atoms with Crippen LogP contribution in [0.2, 0.25) is 0 Å². The lowest BCUT2D eigenvalue weighted by molar-refractivity contribution is 0.0344. The number of ether oxygens (including phenoxy) is 1. The maximum Gasteiger partial charge on any atom is 0.202 e. The molecular weight excluding hydrogens is 222 g/mol. The Morgan fingerprint density at radius 2 is 1.88 bits per heavy atom. The van der Waals surface area contributed by atoms with E-state index in [9.17, 15) is 0 Å². The van der Waals surface area contributed by atoms with Crippen molar-refractivity contribution in [2.45, 2.75) is 45.6 Å². The van der Waals surface area contributed by atoms with Crippen LogP contribution in [0.15, 0.2) is 0 Å². The molecule has 4 nitrogen and oxygen atoms in total. The summed E-state index contributed by atoms with van der Waals surface area (Å²) in [5.41, 5.74) is -0.180. The summed E-state index contributed by atoms with van der Waals surface area (Å²) in [4.78, 5) is 4.46. The molecule has 1 rings (SSSR count). The Bertz CT molecular complexity index is 341. The molecule has 0 aliphatic rings. The zero-order valence-corrected chi connectivity index (χ0v) is 11.7. The zero-order valence-electron chi connectivity index (χ0n) is 10.9. The molecule has 0 saturated carbocycles. The topological polar surface area (TPSA) is 47.0 Å². The van der Waals surface area contributed by atoms with Crippen molar-refractivity contribution in [3.63, 3.8) is 0 Å². The van der Waals surface area contributed by atoms with E-state index in [0.717, 1.165) is 17.5 Å². The van der Waals surface area contributed by atoms with Crippen LogP contribution in [0.1, 0.15) is 40.4 Å². The largest absolute Gasteiger partial charge is 0.377 e. The molecular formula is C11H21N3OS. The number of nitrogens with one attached hydrogen (secondary N) is 1. The van der Waals surface area contributed by atoms with Gasteiger partial charge in [-0.2, -0.15) is 4.37 Å². The van der Waals surface area contributed by atoms with E-state index in [0.29, 0.717) is 0 Å². The molecule has 16 heavy (non-hydrogen) atoms. The number of anilines is 1. The average Bonchev–Trinajstić information content (AvgIpc) is 2.63. The second kappa shape index (κ2) is 4.67. The zero-order chi connectivity index (χ0) is 12.4. The molecule has 0 aromatic carbocycles. The van der Waals surface area contributed by atoms with Crippen molar-refractivity contribution in [2.24, 2.45) is 0 Å². The third-order valence-electron chi connectivity index (χ3n) is 2.31. The Labute approximate surface area is 102 Å². The molecule has 1 aromatic heterocycles. The first-order valence-electron chi connectivity index (χ1n) is 5.38. The Balaban J connectivity index is 2.60. The number of methoxy groups -OCH3 is 1. The summed E-state index contributed by atoms with van der Waals surface area (Å²) in [6, 6.07) is 0. The van der Waals surface area contributed by atoms with E-state index in [-0.39, 0.29) is 11.0 Å². The van der Waals surface area contributed by atoms with E-state index in [4.69, 9.17) is 4.74 Å². The van der Waals surface area contributed by atoms with Gasteiger partial charge in [0.1, 0.15) is 5.82 Å². The van der Waals surface area contributed by atoms with Gasteiger partial charge in [-0.3, -0.25) is 0 Å². The fourth-order valence-electron chi connectivity index (χ4n) is 0.961. The minimum atomic E-state index is -0.187. The van der Waals surface area contributed by atoms with Gasteiger partial charge in [0.15, 0.2) is 0 Å². The first kappa shape index (κ1) is 13.4. The van der Waals surface area contributed by atoms with Gasteiger partial charge in [0.2, 0.25) is 5.13 Å². The van der Waals surface area contributed by atoms with Gasteiger partial charge in [0.25, 0.3) is 0 Å². The van der Waals surface area contributed by atoms with Gasteiger partial charge in [0.05, 0.1) is 5.60 Å². The van der Waals surface area contributed by atoms with E-state index < -0.39 is 0 Å². The molecule has 5 heteroatoms. The Kier molecular flexibility index (Phi) is 3.91. The smallest absolute Gasteiger partial charge is 0.202 e. The van der Waals surface area contributed by atoms with Crippen LogP contribution in [0.3, 0.4) is 0 Å². The molecule has 1 N–H and O–H groups in total. The quantitative estimate of drug-likeness (QED) is 0.883. The predicted molar refractivity (Wildman–Crippen MR) is 68.2 cm³/mol. The minimum absolute atomic E-state index is 0.00715. The number of aromatic nitrogens is 2. The molecule has 0 bridgehead atoms. The maximum absolute atomic E-state index is 5.33. The molecule has 0 unspecified atom stereocenters. The van der Waals surface area contributed by atoms with Crippen LogP contribution in [-0.2, 0) is 10.2 Å². The molecule has 0 saturated heterocycles. The van der Waals surface area contributed by atoms with Crippen molar-refractivity contribution >= 4 is 16.7 Å². The highest BCUT2D eigenvalue weighted by Gasteiger charge is 2.21. The highest BCUT2D eigenvalue weighted by molar-refractivity contribution is 7.09. The molecule has 0 aliphatic heterocycles. The van der Waals surface area contributed by atoms with Crippen molar-refractivity contribution in [1.82, 2.24) is 9.36 Å².